The lowest BCUT2D eigenvalue weighted by atomic mass is 10.0. The summed E-state index contributed by atoms with van der Waals surface area (Å²) in [6, 6.07) is 0. The molecule has 1 aliphatic heterocycles. The highest BCUT2D eigenvalue weighted by Gasteiger charge is 2.30. The first-order valence-corrected chi connectivity index (χ1v) is 5.12. The molecule has 1 aliphatic rings. The van der Waals surface area contributed by atoms with Gasteiger partial charge in [-0.3, -0.25) is 4.90 Å². The molecule has 1 fully saturated rings. The minimum Gasteiger partial charge on any atom is -0.330 e. The average Bonchev–Trinajstić information content (AvgIpc) is 2.32. The van der Waals surface area contributed by atoms with Gasteiger partial charge in [0.15, 0.2) is 0 Å². The van der Waals surface area contributed by atoms with E-state index in [2.05, 4.69) is 18.7 Å². The Morgan fingerprint density at radius 1 is 1.33 bits per heavy atom. The van der Waals surface area contributed by atoms with Gasteiger partial charge in [0, 0.05) is 5.54 Å². The van der Waals surface area contributed by atoms with E-state index in [9.17, 15) is 0 Å². The summed E-state index contributed by atoms with van der Waals surface area (Å²) >= 11 is 0. The molecule has 0 saturated carbocycles. The summed E-state index contributed by atoms with van der Waals surface area (Å²) < 4.78 is 0. The van der Waals surface area contributed by atoms with E-state index < -0.39 is 0 Å². The predicted molar refractivity (Wildman–Crippen MR) is 53.2 cm³/mol. The van der Waals surface area contributed by atoms with Gasteiger partial charge < -0.3 is 5.73 Å². The van der Waals surface area contributed by atoms with E-state index in [1.807, 2.05) is 0 Å². The van der Waals surface area contributed by atoms with Crippen molar-refractivity contribution in [1.29, 1.82) is 0 Å². The Morgan fingerprint density at radius 3 is 2.58 bits per heavy atom. The van der Waals surface area contributed by atoms with Gasteiger partial charge in [-0.05, 0) is 59.2 Å². The number of hydrogen-bond acceptors (Lipinski definition) is 2. The zero-order chi connectivity index (χ0) is 9.03. The zero-order valence-corrected chi connectivity index (χ0v) is 8.47. The van der Waals surface area contributed by atoms with Gasteiger partial charge in [-0.1, -0.05) is 0 Å². The van der Waals surface area contributed by atoms with Crippen LogP contribution in [0.25, 0.3) is 0 Å². The van der Waals surface area contributed by atoms with Gasteiger partial charge in [-0.15, -0.1) is 0 Å². The molecule has 0 aromatic heterocycles. The smallest absolute Gasteiger partial charge is 0.0153 e. The monoisotopic (exact) mass is 170 g/mol. The predicted octanol–water partition coefficient (Wildman–Crippen LogP) is 1.60. The van der Waals surface area contributed by atoms with Crippen molar-refractivity contribution in [2.24, 2.45) is 5.73 Å². The normalized spacial score (nSPS) is 23.2. The van der Waals surface area contributed by atoms with Gasteiger partial charge in [0.1, 0.15) is 0 Å². The van der Waals surface area contributed by atoms with Gasteiger partial charge in [-0.2, -0.15) is 0 Å². The Balaban J connectivity index is 2.22. The first-order valence-electron chi connectivity index (χ1n) is 5.12. The van der Waals surface area contributed by atoms with Crippen LogP contribution >= 0.6 is 0 Å². The van der Waals surface area contributed by atoms with E-state index in [0.717, 1.165) is 6.54 Å². The number of hydrogen-bond donors (Lipinski definition) is 1. The lowest BCUT2D eigenvalue weighted by molar-refractivity contribution is 0.172. The highest BCUT2D eigenvalue weighted by Crippen LogP contribution is 2.27. The lowest BCUT2D eigenvalue weighted by Gasteiger charge is -2.31. The number of nitrogens with two attached hydrogens (primary N) is 1. The van der Waals surface area contributed by atoms with Gasteiger partial charge in [0.05, 0.1) is 0 Å². The van der Waals surface area contributed by atoms with Crippen molar-refractivity contribution in [2.45, 2.75) is 45.1 Å². The fourth-order valence-corrected chi connectivity index (χ4v) is 2.02. The van der Waals surface area contributed by atoms with Gasteiger partial charge in [-0.25, -0.2) is 0 Å². The maximum absolute atomic E-state index is 5.46. The van der Waals surface area contributed by atoms with Gasteiger partial charge >= 0.3 is 0 Å². The van der Waals surface area contributed by atoms with Crippen LogP contribution in [0.4, 0.5) is 0 Å². The standard InChI is InChI=1S/C10H22N2/c1-10(2)6-5-9-12(10)8-4-3-7-11/h3-9,11H2,1-2H3. The molecule has 1 rings (SSSR count). The third kappa shape index (κ3) is 2.46. The Bertz CT molecular complexity index is 132. The van der Waals surface area contributed by atoms with Crippen molar-refractivity contribution in [3.8, 4) is 0 Å². The molecule has 0 bridgehead atoms. The minimum atomic E-state index is 0.453. The summed E-state index contributed by atoms with van der Waals surface area (Å²) in [6.45, 7) is 8.07. The third-order valence-corrected chi connectivity index (χ3v) is 2.95. The molecule has 0 aromatic carbocycles. The molecule has 0 spiro atoms. The van der Waals surface area contributed by atoms with Crippen LogP contribution in [-0.4, -0.2) is 30.1 Å². The van der Waals surface area contributed by atoms with Crippen molar-refractivity contribution in [2.75, 3.05) is 19.6 Å². The summed E-state index contributed by atoms with van der Waals surface area (Å²) in [5.74, 6) is 0. The fraction of sp³-hybridized carbons (Fsp3) is 1.00. The molecule has 12 heavy (non-hydrogen) atoms. The molecule has 0 radical (unpaired) electrons. The summed E-state index contributed by atoms with van der Waals surface area (Å²) in [5.41, 5.74) is 5.92. The van der Waals surface area contributed by atoms with Crippen molar-refractivity contribution in [1.82, 2.24) is 4.90 Å². The van der Waals surface area contributed by atoms with Crippen LogP contribution in [-0.2, 0) is 0 Å². The highest BCUT2D eigenvalue weighted by molar-refractivity contribution is 4.87. The van der Waals surface area contributed by atoms with Crippen LogP contribution in [0.2, 0.25) is 0 Å². The molecule has 0 aromatic rings. The SMILES string of the molecule is CC1(C)CCCN1CCCCN. The summed E-state index contributed by atoms with van der Waals surface area (Å²) in [6.07, 6.45) is 5.16. The second-order valence-electron chi connectivity index (χ2n) is 4.40. The number of unbranched alkanes of at least 4 members (excludes halogenated alkanes) is 1. The Hall–Kier alpha value is -0.0800. The molecule has 1 heterocycles. The number of rotatable bonds is 4. The molecule has 2 nitrogen and oxygen atoms in total. The van der Waals surface area contributed by atoms with Crippen LogP contribution in [0.1, 0.15) is 39.5 Å². The average molecular weight is 170 g/mol. The summed E-state index contributed by atoms with van der Waals surface area (Å²) in [7, 11) is 0. The molecule has 1 saturated heterocycles. The fourth-order valence-electron chi connectivity index (χ4n) is 2.02. The molecule has 0 aliphatic carbocycles. The third-order valence-electron chi connectivity index (χ3n) is 2.95. The first kappa shape index (κ1) is 10.0. The highest BCUT2D eigenvalue weighted by atomic mass is 15.2. The summed E-state index contributed by atoms with van der Waals surface area (Å²) in [5, 5.41) is 0. The Labute approximate surface area is 76.1 Å². The molecular formula is C10H22N2. The van der Waals surface area contributed by atoms with Gasteiger partial charge in [0.2, 0.25) is 0 Å². The maximum atomic E-state index is 5.46. The van der Waals surface area contributed by atoms with E-state index in [1.165, 1.54) is 38.8 Å². The quantitative estimate of drug-likeness (QED) is 0.649. The van der Waals surface area contributed by atoms with E-state index in [1.54, 1.807) is 0 Å². The second-order valence-corrected chi connectivity index (χ2v) is 4.40. The maximum Gasteiger partial charge on any atom is 0.0153 e. The van der Waals surface area contributed by atoms with Crippen LogP contribution in [0, 0.1) is 0 Å². The van der Waals surface area contributed by atoms with Gasteiger partial charge in [0.25, 0.3) is 0 Å². The molecular weight excluding hydrogens is 148 g/mol. The zero-order valence-electron chi connectivity index (χ0n) is 8.47. The van der Waals surface area contributed by atoms with Crippen molar-refractivity contribution < 1.29 is 0 Å². The van der Waals surface area contributed by atoms with E-state index >= 15 is 0 Å². The number of likely N-dealkylation sites (tertiary alicyclic amines) is 1. The molecule has 2 heteroatoms. The van der Waals surface area contributed by atoms with Crippen LogP contribution in [0.3, 0.4) is 0 Å². The molecule has 0 atom stereocenters. The van der Waals surface area contributed by atoms with Crippen molar-refractivity contribution >= 4 is 0 Å². The van der Waals surface area contributed by atoms with Crippen molar-refractivity contribution in [3.05, 3.63) is 0 Å². The minimum absolute atomic E-state index is 0.453. The molecule has 72 valence electrons. The second kappa shape index (κ2) is 4.24. The topological polar surface area (TPSA) is 29.3 Å². The van der Waals surface area contributed by atoms with E-state index in [-0.39, 0.29) is 0 Å². The lowest BCUT2D eigenvalue weighted by Crippen LogP contribution is -2.38. The van der Waals surface area contributed by atoms with Crippen molar-refractivity contribution in [3.63, 3.8) is 0 Å². The Kier molecular flexibility index (Phi) is 3.53. The van der Waals surface area contributed by atoms with Crippen LogP contribution < -0.4 is 5.73 Å². The number of nitrogens with zero attached hydrogens (tertiary/aromatic N) is 1. The molecule has 0 amide bonds. The molecule has 0 unspecified atom stereocenters. The van der Waals surface area contributed by atoms with Crippen LogP contribution in [0.15, 0.2) is 0 Å². The first-order chi connectivity index (χ1) is 5.67. The molecule has 2 N–H and O–H groups in total. The van der Waals surface area contributed by atoms with Crippen LogP contribution in [0.5, 0.6) is 0 Å². The van der Waals surface area contributed by atoms with E-state index in [0.29, 0.717) is 5.54 Å². The summed E-state index contributed by atoms with van der Waals surface area (Å²) in [4.78, 5) is 2.60. The largest absolute Gasteiger partial charge is 0.330 e. The van der Waals surface area contributed by atoms with E-state index in [4.69, 9.17) is 5.73 Å². The Morgan fingerprint density at radius 2 is 2.08 bits per heavy atom.